The highest BCUT2D eigenvalue weighted by atomic mass is 32.2. The maximum atomic E-state index is 12.4. The molecule has 106 valence electrons. The van der Waals surface area contributed by atoms with Gasteiger partial charge in [0.1, 0.15) is 0 Å². The van der Waals surface area contributed by atoms with Gasteiger partial charge >= 0.3 is 0 Å². The molecule has 1 aliphatic heterocycles. The first-order valence-corrected chi connectivity index (χ1v) is 7.81. The molecule has 0 bridgehead atoms. The minimum Gasteiger partial charge on any atom is -0.384 e. The fourth-order valence-electron chi connectivity index (χ4n) is 2.17. The van der Waals surface area contributed by atoms with Crippen molar-refractivity contribution in [3.63, 3.8) is 0 Å². The van der Waals surface area contributed by atoms with E-state index >= 15 is 0 Å². The fourth-order valence-corrected chi connectivity index (χ4v) is 3.68. The molecule has 5 nitrogen and oxygen atoms in total. The molecule has 0 saturated carbocycles. The monoisotopic (exact) mass is 284 g/mol. The van der Waals surface area contributed by atoms with Gasteiger partial charge in [0.15, 0.2) is 0 Å². The lowest BCUT2D eigenvalue weighted by molar-refractivity contribution is 0.202. The molecular formula is C13H20N2O3S. The van der Waals surface area contributed by atoms with Crippen molar-refractivity contribution in [2.45, 2.75) is 23.8 Å². The molecule has 1 heterocycles. The summed E-state index contributed by atoms with van der Waals surface area (Å²) in [6.07, 6.45) is 1.51. The summed E-state index contributed by atoms with van der Waals surface area (Å²) < 4.78 is 31.2. The molecule has 0 unspecified atom stereocenters. The van der Waals surface area contributed by atoms with Crippen molar-refractivity contribution in [2.75, 3.05) is 26.8 Å². The molecule has 0 aromatic heterocycles. The first-order valence-electron chi connectivity index (χ1n) is 6.37. The Balaban J connectivity index is 2.12. The lowest BCUT2D eigenvalue weighted by atomic mass is 10.2. The van der Waals surface area contributed by atoms with Crippen LogP contribution in [0.25, 0.3) is 0 Å². The van der Waals surface area contributed by atoms with Crippen LogP contribution in [0.15, 0.2) is 29.2 Å². The molecule has 0 amide bonds. The van der Waals surface area contributed by atoms with Crippen molar-refractivity contribution in [3.05, 3.63) is 29.8 Å². The Hall–Kier alpha value is -0.950. The standard InChI is InChI=1S/C13H20N2O3S/c1-18-9-7-11-2-4-13(5-3-11)19(16,17)15-8-6-12(14)10-15/h2-5,12H,6-10,14H2,1H3/t12-/m1/s1. The van der Waals surface area contributed by atoms with Gasteiger partial charge in [-0.1, -0.05) is 12.1 Å². The summed E-state index contributed by atoms with van der Waals surface area (Å²) in [6, 6.07) is 6.94. The van der Waals surface area contributed by atoms with Crippen molar-refractivity contribution < 1.29 is 13.2 Å². The molecule has 1 aromatic carbocycles. The number of nitrogens with zero attached hydrogens (tertiary/aromatic N) is 1. The van der Waals surface area contributed by atoms with E-state index in [0.717, 1.165) is 18.4 Å². The van der Waals surface area contributed by atoms with Crippen LogP contribution in [0.5, 0.6) is 0 Å². The van der Waals surface area contributed by atoms with Crippen molar-refractivity contribution >= 4 is 10.0 Å². The zero-order valence-corrected chi connectivity index (χ0v) is 11.9. The summed E-state index contributed by atoms with van der Waals surface area (Å²) in [5.41, 5.74) is 6.83. The summed E-state index contributed by atoms with van der Waals surface area (Å²) in [5, 5.41) is 0. The third kappa shape index (κ3) is 3.33. The number of hydrogen-bond donors (Lipinski definition) is 1. The normalized spacial score (nSPS) is 20.8. The van der Waals surface area contributed by atoms with E-state index in [4.69, 9.17) is 10.5 Å². The van der Waals surface area contributed by atoms with Gasteiger partial charge in [0, 0.05) is 26.2 Å². The average molecular weight is 284 g/mol. The second-order valence-corrected chi connectivity index (χ2v) is 6.74. The summed E-state index contributed by atoms with van der Waals surface area (Å²) in [5.74, 6) is 0. The van der Waals surface area contributed by atoms with E-state index in [1.165, 1.54) is 4.31 Å². The van der Waals surface area contributed by atoms with Crippen LogP contribution in [0.4, 0.5) is 0 Å². The highest BCUT2D eigenvalue weighted by Crippen LogP contribution is 2.20. The Morgan fingerprint density at radius 3 is 2.58 bits per heavy atom. The van der Waals surface area contributed by atoms with Gasteiger partial charge in [-0.2, -0.15) is 4.31 Å². The number of benzene rings is 1. The summed E-state index contributed by atoms with van der Waals surface area (Å²) in [7, 11) is -1.74. The van der Waals surface area contributed by atoms with Gasteiger partial charge in [0.05, 0.1) is 11.5 Å². The van der Waals surface area contributed by atoms with Crippen molar-refractivity contribution in [2.24, 2.45) is 5.73 Å². The van der Waals surface area contributed by atoms with Crippen molar-refractivity contribution in [3.8, 4) is 0 Å². The minimum atomic E-state index is -3.39. The second-order valence-electron chi connectivity index (χ2n) is 4.80. The van der Waals surface area contributed by atoms with E-state index in [1.807, 2.05) is 12.1 Å². The van der Waals surface area contributed by atoms with Crippen molar-refractivity contribution in [1.29, 1.82) is 0 Å². The van der Waals surface area contributed by atoms with Crippen LogP contribution >= 0.6 is 0 Å². The Morgan fingerprint density at radius 2 is 2.05 bits per heavy atom. The minimum absolute atomic E-state index is 0.0456. The first-order chi connectivity index (χ1) is 9.04. The highest BCUT2D eigenvalue weighted by Gasteiger charge is 2.30. The predicted octanol–water partition coefficient (Wildman–Crippen LogP) is 0.597. The molecule has 1 saturated heterocycles. The predicted molar refractivity (Wildman–Crippen MR) is 73.4 cm³/mol. The first kappa shape index (κ1) is 14.5. The summed E-state index contributed by atoms with van der Waals surface area (Å²) in [6.45, 7) is 1.55. The highest BCUT2D eigenvalue weighted by molar-refractivity contribution is 7.89. The third-order valence-corrected chi connectivity index (χ3v) is 5.22. The Morgan fingerprint density at radius 1 is 1.37 bits per heavy atom. The van der Waals surface area contributed by atoms with Gasteiger partial charge in [-0.3, -0.25) is 0 Å². The van der Waals surface area contributed by atoms with Gasteiger partial charge < -0.3 is 10.5 Å². The molecule has 6 heteroatoms. The molecule has 19 heavy (non-hydrogen) atoms. The van der Waals surface area contributed by atoms with E-state index in [-0.39, 0.29) is 6.04 Å². The van der Waals surface area contributed by atoms with Gasteiger partial charge in [0.2, 0.25) is 10.0 Å². The van der Waals surface area contributed by atoms with Gasteiger partial charge in [0.25, 0.3) is 0 Å². The maximum absolute atomic E-state index is 12.4. The average Bonchev–Trinajstić information content (AvgIpc) is 2.84. The largest absolute Gasteiger partial charge is 0.384 e. The number of hydrogen-bond acceptors (Lipinski definition) is 4. The van der Waals surface area contributed by atoms with Crippen LogP contribution in [-0.4, -0.2) is 45.6 Å². The van der Waals surface area contributed by atoms with Crippen LogP contribution in [0.3, 0.4) is 0 Å². The number of ether oxygens (including phenoxy) is 1. The molecule has 0 radical (unpaired) electrons. The van der Waals surface area contributed by atoms with Crippen LogP contribution in [0.1, 0.15) is 12.0 Å². The second kappa shape index (κ2) is 6.00. The van der Waals surface area contributed by atoms with Crippen LogP contribution in [0, 0.1) is 0 Å². The Kier molecular flexibility index (Phi) is 4.57. The molecular weight excluding hydrogens is 264 g/mol. The van der Waals surface area contributed by atoms with E-state index in [0.29, 0.717) is 24.6 Å². The molecule has 1 atom stereocenters. The maximum Gasteiger partial charge on any atom is 0.243 e. The van der Waals surface area contributed by atoms with E-state index < -0.39 is 10.0 Å². The molecule has 2 N–H and O–H groups in total. The Labute approximate surface area is 114 Å². The number of rotatable bonds is 5. The van der Waals surface area contributed by atoms with Gasteiger partial charge in [-0.05, 0) is 30.5 Å². The smallest absolute Gasteiger partial charge is 0.243 e. The SMILES string of the molecule is COCCc1ccc(S(=O)(=O)N2CC[C@@H](N)C2)cc1. The topological polar surface area (TPSA) is 72.6 Å². The van der Waals surface area contributed by atoms with E-state index in [1.54, 1.807) is 19.2 Å². The number of sulfonamides is 1. The quantitative estimate of drug-likeness (QED) is 0.859. The lowest BCUT2D eigenvalue weighted by Crippen LogP contribution is -2.31. The Bertz CT molecular complexity index is 513. The van der Waals surface area contributed by atoms with Crippen LogP contribution in [0.2, 0.25) is 0 Å². The number of nitrogens with two attached hydrogens (primary N) is 1. The molecule has 1 aliphatic rings. The lowest BCUT2D eigenvalue weighted by Gasteiger charge is -2.16. The molecule has 1 aromatic rings. The fraction of sp³-hybridized carbons (Fsp3) is 0.538. The van der Waals surface area contributed by atoms with Crippen LogP contribution < -0.4 is 5.73 Å². The van der Waals surface area contributed by atoms with Crippen LogP contribution in [-0.2, 0) is 21.2 Å². The molecule has 0 aliphatic carbocycles. The van der Waals surface area contributed by atoms with Crippen molar-refractivity contribution in [1.82, 2.24) is 4.31 Å². The summed E-state index contributed by atoms with van der Waals surface area (Å²) in [4.78, 5) is 0.336. The molecule has 1 fully saturated rings. The zero-order chi connectivity index (χ0) is 13.9. The van der Waals surface area contributed by atoms with Gasteiger partial charge in [-0.15, -0.1) is 0 Å². The van der Waals surface area contributed by atoms with E-state index in [2.05, 4.69) is 0 Å². The molecule has 0 spiro atoms. The zero-order valence-electron chi connectivity index (χ0n) is 11.1. The third-order valence-electron chi connectivity index (χ3n) is 3.34. The van der Waals surface area contributed by atoms with E-state index in [9.17, 15) is 8.42 Å². The molecule has 2 rings (SSSR count). The van der Waals surface area contributed by atoms with Gasteiger partial charge in [-0.25, -0.2) is 8.42 Å². The summed E-state index contributed by atoms with van der Waals surface area (Å²) >= 11 is 0. The number of methoxy groups -OCH3 is 1.